The first kappa shape index (κ1) is 14.6. The average Bonchev–Trinajstić information content (AvgIpc) is 2.79. The summed E-state index contributed by atoms with van der Waals surface area (Å²) in [6.45, 7) is 5.71. The van der Waals surface area contributed by atoms with E-state index in [1.165, 1.54) is 0 Å². The minimum absolute atomic E-state index is 0.102. The van der Waals surface area contributed by atoms with Gasteiger partial charge in [-0.3, -0.25) is 4.79 Å². The molecular formula is C15H18ClN3O. The molecule has 1 amide bonds. The largest absolute Gasteiger partial charge is 0.310 e. The number of anilines is 1. The van der Waals surface area contributed by atoms with E-state index < -0.39 is 0 Å². The van der Waals surface area contributed by atoms with Crippen molar-refractivity contribution in [3.63, 3.8) is 0 Å². The van der Waals surface area contributed by atoms with Crippen LogP contribution in [0.15, 0.2) is 30.3 Å². The van der Waals surface area contributed by atoms with E-state index in [0.29, 0.717) is 11.7 Å². The number of hydrogen-bond acceptors (Lipinski definition) is 2. The summed E-state index contributed by atoms with van der Waals surface area (Å²) in [6, 6.07) is 9.77. The van der Waals surface area contributed by atoms with Gasteiger partial charge >= 0.3 is 0 Å². The van der Waals surface area contributed by atoms with Crippen molar-refractivity contribution < 1.29 is 4.79 Å². The molecule has 20 heavy (non-hydrogen) atoms. The Morgan fingerprint density at radius 1 is 1.40 bits per heavy atom. The molecule has 1 aromatic carbocycles. The number of benzene rings is 1. The normalized spacial score (nSPS) is 12.2. The van der Waals surface area contributed by atoms with Crippen LogP contribution in [0.1, 0.15) is 18.2 Å². The SMILES string of the molecule is Cc1cc(NC(=O)C(C)CCl)n(-c2ccccc2C)n1. The first-order chi connectivity index (χ1) is 9.52. The fourth-order valence-electron chi connectivity index (χ4n) is 1.89. The van der Waals surface area contributed by atoms with Gasteiger partial charge in [0, 0.05) is 17.9 Å². The number of nitrogens with zero attached hydrogens (tertiary/aromatic N) is 2. The molecule has 4 nitrogen and oxygen atoms in total. The van der Waals surface area contributed by atoms with E-state index in [1.807, 2.05) is 44.2 Å². The van der Waals surface area contributed by atoms with Gasteiger partial charge in [0.2, 0.25) is 5.91 Å². The van der Waals surface area contributed by atoms with Crippen LogP contribution in [0.25, 0.3) is 5.69 Å². The van der Waals surface area contributed by atoms with Crippen molar-refractivity contribution in [3.8, 4) is 5.69 Å². The third-order valence-corrected chi connectivity index (χ3v) is 3.57. The van der Waals surface area contributed by atoms with Gasteiger partial charge in [0.1, 0.15) is 5.82 Å². The van der Waals surface area contributed by atoms with Crippen molar-refractivity contribution in [2.24, 2.45) is 5.92 Å². The first-order valence-corrected chi connectivity index (χ1v) is 7.06. The highest BCUT2D eigenvalue weighted by Crippen LogP contribution is 2.20. The molecule has 1 atom stereocenters. The summed E-state index contributed by atoms with van der Waals surface area (Å²) < 4.78 is 1.75. The molecule has 5 heteroatoms. The quantitative estimate of drug-likeness (QED) is 0.879. The summed E-state index contributed by atoms with van der Waals surface area (Å²) >= 11 is 5.72. The second kappa shape index (κ2) is 6.09. The van der Waals surface area contributed by atoms with Gasteiger partial charge in [-0.05, 0) is 25.5 Å². The predicted octanol–water partition coefficient (Wildman–Crippen LogP) is 3.30. The van der Waals surface area contributed by atoms with Gasteiger partial charge in [-0.1, -0.05) is 25.1 Å². The summed E-state index contributed by atoms with van der Waals surface area (Å²) in [7, 11) is 0. The van der Waals surface area contributed by atoms with Crippen molar-refractivity contribution >= 4 is 23.3 Å². The van der Waals surface area contributed by atoms with Gasteiger partial charge in [0.25, 0.3) is 0 Å². The fourth-order valence-corrected chi connectivity index (χ4v) is 2.03. The van der Waals surface area contributed by atoms with Crippen LogP contribution in [-0.2, 0) is 4.79 Å². The molecule has 1 aromatic heterocycles. The minimum Gasteiger partial charge on any atom is -0.310 e. The van der Waals surface area contributed by atoms with Crippen LogP contribution in [0.2, 0.25) is 0 Å². The zero-order valence-corrected chi connectivity index (χ0v) is 12.6. The lowest BCUT2D eigenvalue weighted by atomic mass is 10.2. The van der Waals surface area contributed by atoms with E-state index in [9.17, 15) is 4.79 Å². The maximum atomic E-state index is 12.0. The number of aryl methyl sites for hydroxylation is 2. The highest BCUT2D eigenvalue weighted by molar-refractivity contribution is 6.19. The van der Waals surface area contributed by atoms with Crippen LogP contribution >= 0.6 is 11.6 Å². The van der Waals surface area contributed by atoms with Crippen LogP contribution in [0, 0.1) is 19.8 Å². The fraction of sp³-hybridized carbons (Fsp3) is 0.333. The predicted molar refractivity (Wildman–Crippen MR) is 81.6 cm³/mol. The second-order valence-corrected chi connectivity index (χ2v) is 5.22. The van der Waals surface area contributed by atoms with Crippen LogP contribution in [0.3, 0.4) is 0 Å². The zero-order valence-electron chi connectivity index (χ0n) is 11.9. The lowest BCUT2D eigenvalue weighted by molar-refractivity contribution is -0.118. The molecule has 2 aromatic rings. The maximum Gasteiger partial charge on any atom is 0.229 e. The Labute approximate surface area is 123 Å². The molecule has 0 radical (unpaired) electrons. The van der Waals surface area contributed by atoms with E-state index in [1.54, 1.807) is 11.6 Å². The average molecular weight is 292 g/mol. The van der Waals surface area contributed by atoms with Crippen molar-refractivity contribution in [1.29, 1.82) is 0 Å². The van der Waals surface area contributed by atoms with Gasteiger partial charge in [0.05, 0.1) is 11.4 Å². The number of carbonyl (C=O) groups is 1. The molecule has 1 unspecified atom stereocenters. The Bertz CT molecular complexity index is 621. The van der Waals surface area contributed by atoms with Crippen LogP contribution in [0.4, 0.5) is 5.82 Å². The van der Waals surface area contributed by atoms with E-state index in [-0.39, 0.29) is 11.8 Å². The summed E-state index contributed by atoms with van der Waals surface area (Å²) in [5.41, 5.74) is 2.90. The summed E-state index contributed by atoms with van der Waals surface area (Å²) in [5.74, 6) is 0.620. The molecule has 2 rings (SSSR count). The van der Waals surface area contributed by atoms with Gasteiger partial charge in [0.15, 0.2) is 0 Å². The second-order valence-electron chi connectivity index (χ2n) is 4.91. The molecule has 106 valence electrons. The van der Waals surface area contributed by atoms with Crippen LogP contribution in [-0.4, -0.2) is 21.6 Å². The first-order valence-electron chi connectivity index (χ1n) is 6.52. The molecule has 0 aliphatic carbocycles. The van der Waals surface area contributed by atoms with Crippen molar-refractivity contribution in [2.75, 3.05) is 11.2 Å². The molecule has 0 aliphatic heterocycles. The molecule has 0 aliphatic rings. The number of carbonyl (C=O) groups excluding carboxylic acids is 1. The Balaban J connectivity index is 2.37. The molecule has 1 N–H and O–H groups in total. The highest BCUT2D eigenvalue weighted by Gasteiger charge is 2.16. The van der Waals surface area contributed by atoms with Gasteiger partial charge in [-0.15, -0.1) is 11.6 Å². The number of hydrogen-bond donors (Lipinski definition) is 1. The minimum atomic E-state index is -0.239. The molecule has 0 spiro atoms. The summed E-state index contributed by atoms with van der Waals surface area (Å²) in [4.78, 5) is 12.0. The summed E-state index contributed by atoms with van der Waals surface area (Å²) in [6.07, 6.45) is 0. The number of alkyl halides is 1. The van der Waals surface area contributed by atoms with Gasteiger partial charge in [-0.2, -0.15) is 5.10 Å². The Kier molecular flexibility index (Phi) is 4.45. The number of amides is 1. The van der Waals surface area contributed by atoms with E-state index in [4.69, 9.17) is 11.6 Å². The number of halogens is 1. The highest BCUT2D eigenvalue weighted by atomic mass is 35.5. The third-order valence-electron chi connectivity index (χ3n) is 3.11. The van der Waals surface area contributed by atoms with Gasteiger partial charge < -0.3 is 5.32 Å². The topological polar surface area (TPSA) is 46.9 Å². The monoisotopic (exact) mass is 291 g/mol. The Morgan fingerprint density at radius 2 is 2.10 bits per heavy atom. The van der Waals surface area contributed by atoms with Gasteiger partial charge in [-0.25, -0.2) is 4.68 Å². The zero-order chi connectivity index (χ0) is 14.7. The smallest absolute Gasteiger partial charge is 0.229 e. The van der Waals surface area contributed by atoms with Crippen molar-refractivity contribution in [2.45, 2.75) is 20.8 Å². The number of nitrogens with one attached hydrogen (secondary N) is 1. The Morgan fingerprint density at radius 3 is 2.75 bits per heavy atom. The van der Waals surface area contributed by atoms with E-state index >= 15 is 0 Å². The van der Waals surface area contributed by atoms with Crippen molar-refractivity contribution in [1.82, 2.24) is 9.78 Å². The molecule has 0 saturated carbocycles. The maximum absolute atomic E-state index is 12.0. The van der Waals surface area contributed by atoms with E-state index in [2.05, 4.69) is 10.4 Å². The molecule has 0 fully saturated rings. The van der Waals surface area contributed by atoms with Crippen LogP contribution in [0.5, 0.6) is 0 Å². The van der Waals surface area contributed by atoms with E-state index in [0.717, 1.165) is 16.9 Å². The molecule has 1 heterocycles. The number of rotatable bonds is 4. The molecular weight excluding hydrogens is 274 g/mol. The third kappa shape index (κ3) is 3.02. The Hall–Kier alpha value is -1.81. The van der Waals surface area contributed by atoms with Crippen LogP contribution < -0.4 is 5.32 Å². The standard InChI is InChI=1S/C15H18ClN3O/c1-10-6-4-5-7-13(10)19-14(8-12(3)18-19)17-15(20)11(2)9-16/h4-8,11H,9H2,1-3H3,(H,17,20). The van der Waals surface area contributed by atoms with Crippen molar-refractivity contribution in [3.05, 3.63) is 41.6 Å². The summed E-state index contributed by atoms with van der Waals surface area (Å²) in [5, 5.41) is 7.33. The lowest BCUT2D eigenvalue weighted by Gasteiger charge is -2.12. The number of aromatic nitrogens is 2. The molecule has 0 saturated heterocycles. The lowest BCUT2D eigenvalue weighted by Crippen LogP contribution is -2.23. The molecule has 0 bridgehead atoms. The number of para-hydroxylation sites is 1.